The van der Waals surface area contributed by atoms with E-state index in [2.05, 4.69) is 0 Å². The number of nitro benzene ring substituents is 1. The van der Waals surface area contributed by atoms with Gasteiger partial charge in [-0.05, 0) is 31.6 Å². The number of methoxy groups -OCH3 is 1. The summed E-state index contributed by atoms with van der Waals surface area (Å²) in [7, 11) is 1.43. The summed E-state index contributed by atoms with van der Waals surface area (Å²) in [5.41, 5.74) is -0.158. The number of rotatable bonds is 5. The second kappa shape index (κ2) is 7.93. The summed E-state index contributed by atoms with van der Waals surface area (Å²) in [6.07, 6.45) is 5.85. The molecule has 1 saturated heterocycles. The first kappa shape index (κ1) is 18.5. The summed E-state index contributed by atoms with van der Waals surface area (Å²) < 4.78 is 10.7. The first-order valence-electron chi connectivity index (χ1n) is 9.33. The van der Waals surface area contributed by atoms with E-state index in [9.17, 15) is 14.9 Å². The summed E-state index contributed by atoms with van der Waals surface area (Å²) in [4.78, 5) is 25.8. The minimum absolute atomic E-state index is 0.0773. The Balaban J connectivity index is 1.89. The molecule has 1 amide bonds. The lowest BCUT2D eigenvalue weighted by atomic mass is 9.75. The van der Waals surface area contributed by atoms with Crippen LogP contribution in [0.15, 0.2) is 12.1 Å². The van der Waals surface area contributed by atoms with Crippen LogP contribution in [0.5, 0.6) is 11.5 Å². The van der Waals surface area contributed by atoms with Crippen molar-refractivity contribution in [1.82, 2.24) is 4.90 Å². The Hall–Kier alpha value is -2.31. The average molecular weight is 362 g/mol. The van der Waals surface area contributed by atoms with Gasteiger partial charge < -0.3 is 14.4 Å². The highest BCUT2D eigenvalue weighted by Gasteiger charge is 2.35. The van der Waals surface area contributed by atoms with Gasteiger partial charge in [0, 0.05) is 19.2 Å². The lowest BCUT2D eigenvalue weighted by molar-refractivity contribution is -0.385. The van der Waals surface area contributed by atoms with Crippen LogP contribution in [-0.2, 0) is 0 Å². The van der Waals surface area contributed by atoms with Gasteiger partial charge in [0.1, 0.15) is 5.56 Å². The van der Waals surface area contributed by atoms with Gasteiger partial charge in [0.15, 0.2) is 11.5 Å². The fourth-order valence-corrected chi connectivity index (χ4v) is 4.26. The molecule has 3 rings (SSSR count). The van der Waals surface area contributed by atoms with Gasteiger partial charge in [0.25, 0.3) is 11.6 Å². The Kier molecular flexibility index (Phi) is 5.64. The van der Waals surface area contributed by atoms with Gasteiger partial charge in [0.05, 0.1) is 24.7 Å². The van der Waals surface area contributed by atoms with Gasteiger partial charge in [0.2, 0.25) is 0 Å². The molecular weight excluding hydrogens is 336 g/mol. The predicted molar refractivity (Wildman–Crippen MR) is 96.8 cm³/mol. The molecule has 0 N–H and O–H groups in total. The smallest absolute Gasteiger partial charge is 0.286 e. The molecule has 2 atom stereocenters. The summed E-state index contributed by atoms with van der Waals surface area (Å²) in [5, 5.41) is 11.5. The zero-order valence-electron chi connectivity index (χ0n) is 15.4. The van der Waals surface area contributed by atoms with Gasteiger partial charge in [-0.25, -0.2) is 0 Å². The third kappa shape index (κ3) is 3.61. The van der Waals surface area contributed by atoms with E-state index in [4.69, 9.17) is 9.47 Å². The predicted octanol–water partition coefficient (Wildman–Crippen LogP) is 3.65. The van der Waals surface area contributed by atoms with Crippen molar-refractivity contribution in [2.24, 2.45) is 11.8 Å². The molecule has 2 aliphatic rings. The fraction of sp³-hybridized carbons (Fsp3) is 0.632. The van der Waals surface area contributed by atoms with Gasteiger partial charge in [-0.2, -0.15) is 0 Å². The van der Waals surface area contributed by atoms with E-state index < -0.39 is 4.92 Å². The Labute approximate surface area is 153 Å². The van der Waals surface area contributed by atoms with Crippen LogP contribution < -0.4 is 9.47 Å². The number of nitrogens with zero attached hydrogens (tertiary/aromatic N) is 2. The van der Waals surface area contributed by atoms with Crippen LogP contribution in [0.2, 0.25) is 0 Å². The van der Waals surface area contributed by atoms with Gasteiger partial charge in [-0.1, -0.05) is 19.3 Å². The normalized spacial score (nSPS) is 22.5. The number of nitro groups is 1. The Bertz CT molecular complexity index is 691. The maximum absolute atomic E-state index is 13.1. The Morgan fingerprint density at radius 2 is 1.96 bits per heavy atom. The number of amides is 1. The summed E-state index contributed by atoms with van der Waals surface area (Å²) in [6, 6.07) is 2.74. The van der Waals surface area contributed by atoms with E-state index in [0.29, 0.717) is 37.3 Å². The molecule has 1 saturated carbocycles. The van der Waals surface area contributed by atoms with Crippen molar-refractivity contribution >= 4 is 11.6 Å². The topological polar surface area (TPSA) is 81.9 Å². The molecule has 0 unspecified atom stereocenters. The van der Waals surface area contributed by atoms with Crippen LogP contribution in [0.3, 0.4) is 0 Å². The van der Waals surface area contributed by atoms with E-state index >= 15 is 0 Å². The van der Waals surface area contributed by atoms with Gasteiger partial charge in [-0.3, -0.25) is 14.9 Å². The average Bonchev–Trinajstić information content (AvgIpc) is 2.66. The Morgan fingerprint density at radius 1 is 1.23 bits per heavy atom. The summed E-state index contributed by atoms with van der Waals surface area (Å²) in [6.45, 7) is 3.55. The zero-order chi connectivity index (χ0) is 18.7. The van der Waals surface area contributed by atoms with Crippen molar-refractivity contribution in [2.75, 3.05) is 26.8 Å². The molecule has 0 aromatic heterocycles. The van der Waals surface area contributed by atoms with E-state index in [1.165, 1.54) is 38.5 Å². The molecule has 1 aliphatic heterocycles. The van der Waals surface area contributed by atoms with Gasteiger partial charge in [-0.15, -0.1) is 0 Å². The first-order valence-corrected chi connectivity index (χ1v) is 9.33. The SMILES string of the molecule is CCOc1cc(C(=O)N2CC[C@H]3CCCC[C@H]3C2)c([N+](=O)[O-])cc1OC. The second-order valence-electron chi connectivity index (χ2n) is 7.05. The van der Waals surface area contributed by atoms with E-state index in [0.717, 1.165) is 12.8 Å². The fourth-order valence-electron chi connectivity index (χ4n) is 4.26. The lowest BCUT2D eigenvalue weighted by Crippen LogP contribution is -2.44. The number of hydrogen-bond acceptors (Lipinski definition) is 5. The van der Waals surface area contributed by atoms with Crippen LogP contribution in [0.25, 0.3) is 0 Å². The van der Waals surface area contributed by atoms with Crippen LogP contribution >= 0.6 is 0 Å². The molecule has 2 fully saturated rings. The molecule has 7 nitrogen and oxygen atoms in total. The molecule has 142 valence electrons. The molecule has 1 aromatic rings. The minimum atomic E-state index is -0.529. The number of likely N-dealkylation sites (tertiary alicyclic amines) is 1. The molecule has 26 heavy (non-hydrogen) atoms. The summed E-state index contributed by atoms with van der Waals surface area (Å²) in [5.74, 6) is 1.55. The van der Waals surface area contributed by atoms with Crippen molar-refractivity contribution in [1.29, 1.82) is 0 Å². The Morgan fingerprint density at radius 3 is 2.62 bits per heavy atom. The highest BCUT2D eigenvalue weighted by molar-refractivity contribution is 5.99. The molecule has 1 aromatic carbocycles. The van der Waals surface area contributed by atoms with Crippen molar-refractivity contribution in [3.63, 3.8) is 0 Å². The number of hydrogen-bond donors (Lipinski definition) is 0. The van der Waals surface area contributed by atoms with Crippen molar-refractivity contribution in [3.8, 4) is 11.5 Å². The number of ether oxygens (including phenoxy) is 2. The van der Waals surface area contributed by atoms with Crippen LogP contribution in [0.1, 0.15) is 49.4 Å². The minimum Gasteiger partial charge on any atom is -0.493 e. The van der Waals surface area contributed by atoms with Gasteiger partial charge >= 0.3 is 0 Å². The van der Waals surface area contributed by atoms with Crippen molar-refractivity contribution < 1.29 is 19.2 Å². The third-order valence-corrected chi connectivity index (χ3v) is 5.59. The molecule has 0 spiro atoms. The highest BCUT2D eigenvalue weighted by Crippen LogP contribution is 2.39. The van der Waals surface area contributed by atoms with Crippen molar-refractivity contribution in [2.45, 2.75) is 39.0 Å². The van der Waals surface area contributed by atoms with Crippen LogP contribution in [0, 0.1) is 22.0 Å². The maximum atomic E-state index is 13.1. The number of carbonyl (C=O) groups excluding carboxylic acids is 1. The number of benzene rings is 1. The third-order valence-electron chi connectivity index (χ3n) is 5.59. The number of carbonyl (C=O) groups is 1. The van der Waals surface area contributed by atoms with Crippen molar-refractivity contribution in [3.05, 3.63) is 27.8 Å². The zero-order valence-corrected chi connectivity index (χ0v) is 15.4. The van der Waals surface area contributed by atoms with E-state index in [1.54, 1.807) is 4.90 Å². The van der Waals surface area contributed by atoms with Crippen LogP contribution in [-0.4, -0.2) is 42.5 Å². The maximum Gasteiger partial charge on any atom is 0.286 e. The van der Waals surface area contributed by atoms with Crippen LogP contribution in [0.4, 0.5) is 5.69 Å². The largest absolute Gasteiger partial charge is 0.493 e. The highest BCUT2D eigenvalue weighted by atomic mass is 16.6. The molecule has 0 bridgehead atoms. The molecular formula is C19H26N2O5. The molecule has 7 heteroatoms. The standard InChI is InChI=1S/C19H26N2O5/c1-3-26-18-10-15(16(21(23)24)11-17(18)25-2)19(22)20-9-8-13-6-4-5-7-14(13)12-20/h10-11,13-14H,3-9,12H2,1-2H3/t13-,14+/m1/s1. The quantitative estimate of drug-likeness (QED) is 0.590. The van der Waals surface area contributed by atoms with E-state index in [-0.39, 0.29) is 22.9 Å². The monoisotopic (exact) mass is 362 g/mol. The molecule has 1 heterocycles. The molecule has 1 aliphatic carbocycles. The number of fused-ring (bicyclic) bond motifs is 1. The first-order chi connectivity index (χ1) is 12.5. The van der Waals surface area contributed by atoms with E-state index in [1.807, 2.05) is 6.92 Å². The second-order valence-corrected chi connectivity index (χ2v) is 7.05. The lowest BCUT2D eigenvalue weighted by Gasteiger charge is -2.41. The summed E-state index contributed by atoms with van der Waals surface area (Å²) >= 11 is 0. The molecule has 0 radical (unpaired) electrons. The number of piperidine rings is 1.